The Hall–Kier alpha value is -2.14. The highest BCUT2D eigenvalue weighted by molar-refractivity contribution is 5.43. The summed E-state index contributed by atoms with van der Waals surface area (Å²) in [4.78, 5) is 11.6. The number of hydrogen-bond donors (Lipinski definition) is 0. The fourth-order valence-electron chi connectivity index (χ4n) is 4.00. The molecule has 0 amide bonds. The molecule has 2 unspecified atom stereocenters. The molecule has 0 radical (unpaired) electrons. The number of benzene rings is 1. The van der Waals surface area contributed by atoms with Crippen LogP contribution >= 0.6 is 0 Å². The zero-order valence-corrected chi connectivity index (χ0v) is 16.4. The molecule has 5 nitrogen and oxygen atoms in total. The molecule has 0 N–H and O–H groups in total. The Kier molecular flexibility index (Phi) is 5.58. The quantitative estimate of drug-likeness (QED) is 0.636. The third-order valence-corrected chi connectivity index (χ3v) is 5.65. The van der Waals surface area contributed by atoms with E-state index in [0.717, 1.165) is 59.8 Å². The van der Waals surface area contributed by atoms with Gasteiger partial charge >= 0.3 is 0 Å². The van der Waals surface area contributed by atoms with Crippen molar-refractivity contribution in [1.82, 2.24) is 14.9 Å². The van der Waals surface area contributed by atoms with Gasteiger partial charge in [-0.05, 0) is 54.9 Å². The van der Waals surface area contributed by atoms with Gasteiger partial charge in [0, 0.05) is 37.9 Å². The molecular formula is C22H29N3O2. The third-order valence-electron chi connectivity index (χ3n) is 5.65. The maximum absolute atomic E-state index is 6.06. The highest BCUT2D eigenvalue weighted by atomic mass is 16.5. The molecule has 2 atom stereocenters. The lowest BCUT2D eigenvalue weighted by molar-refractivity contribution is 0.243. The number of piperidine rings is 1. The highest BCUT2D eigenvalue weighted by Crippen LogP contribution is 2.44. The molecular weight excluding hydrogens is 338 g/mol. The summed E-state index contributed by atoms with van der Waals surface area (Å²) in [6.07, 6.45) is 5.97. The number of rotatable bonds is 9. The van der Waals surface area contributed by atoms with Crippen molar-refractivity contribution in [3.63, 3.8) is 0 Å². The van der Waals surface area contributed by atoms with E-state index >= 15 is 0 Å². The molecule has 2 aliphatic rings. The summed E-state index contributed by atoms with van der Waals surface area (Å²) in [5, 5.41) is 0. The topological polar surface area (TPSA) is 47.5 Å². The SMILES string of the molecule is CCc1ccnc(Cc2ccc(OC)c(OCCCN3CC4CC4C3)c2)n1. The Morgan fingerprint density at radius 1 is 1.15 bits per heavy atom. The lowest BCUT2D eigenvalue weighted by atomic mass is 10.1. The van der Waals surface area contributed by atoms with Gasteiger partial charge in [0.2, 0.25) is 0 Å². The molecule has 144 valence electrons. The maximum Gasteiger partial charge on any atom is 0.161 e. The number of aryl methyl sites for hydroxylation is 1. The zero-order valence-electron chi connectivity index (χ0n) is 16.4. The van der Waals surface area contributed by atoms with Crippen molar-refractivity contribution < 1.29 is 9.47 Å². The largest absolute Gasteiger partial charge is 0.493 e. The van der Waals surface area contributed by atoms with Gasteiger partial charge in [-0.3, -0.25) is 0 Å². The van der Waals surface area contributed by atoms with Crippen LogP contribution in [0, 0.1) is 11.8 Å². The summed E-state index contributed by atoms with van der Waals surface area (Å²) in [5.41, 5.74) is 2.21. The number of nitrogens with zero attached hydrogens (tertiary/aromatic N) is 3. The van der Waals surface area contributed by atoms with Crippen LogP contribution in [0.25, 0.3) is 0 Å². The second kappa shape index (κ2) is 8.26. The van der Waals surface area contributed by atoms with Crippen LogP contribution in [0.15, 0.2) is 30.5 Å². The molecule has 1 saturated heterocycles. The summed E-state index contributed by atoms with van der Waals surface area (Å²) in [5.74, 6) is 4.43. The van der Waals surface area contributed by atoms with Crippen LogP contribution in [-0.4, -0.2) is 48.2 Å². The van der Waals surface area contributed by atoms with Gasteiger partial charge in [0.05, 0.1) is 13.7 Å². The molecule has 2 heterocycles. The van der Waals surface area contributed by atoms with Gasteiger partial charge in [-0.15, -0.1) is 0 Å². The molecule has 0 spiro atoms. The summed E-state index contributed by atoms with van der Waals surface area (Å²) >= 11 is 0. The fraction of sp³-hybridized carbons (Fsp3) is 0.545. The summed E-state index contributed by atoms with van der Waals surface area (Å²) in [6, 6.07) is 8.06. The Bertz CT molecular complexity index is 770. The first-order valence-electron chi connectivity index (χ1n) is 10.1. The highest BCUT2D eigenvalue weighted by Gasteiger charge is 2.44. The van der Waals surface area contributed by atoms with Crippen molar-refractivity contribution >= 4 is 0 Å². The number of ether oxygens (including phenoxy) is 2. The predicted octanol–water partition coefficient (Wildman–Crippen LogP) is 3.36. The number of aromatic nitrogens is 2. The maximum atomic E-state index is 6.06. The molecule has 0 bridgehead atoms. The molecule has 27 heavy (non-hydrogen) atoms. The minimum atomic E-state index is 0.699. The second-order valence-electron chi connectivity index (χ2n) is 7.70. The first-order valence-corrected chi connectivity index (χ1v) is 10.1. The normalized spacial score (nSPS) is 21.1. The lowest BCUT2D eigenvalue weighted by Crippen LogP contribution is -2.25. The van der Waals surface area contributed by atoms with Gasteiger partial charge < -0.3 is 14.4 Å². The average molecular weight is 367 g/mol. The second-order valence-corrected chi connectivity index (χ2v) is 7.70. The van der Waals surface area contributed by atoms with Gasteiger partial charge in [-0.1, -0.05) is 13.0 Å². The monoisotopic (exact) mass is 367 g/mol. The molecule has 5 heteroatoms. The van der Waals surface area contributed by atoms with Crippen LogP contribution in [0.1, 0.15) is 36.8 Å². The van der Waals surface area contributed by atoms with Crippen LogP contribution in [0.4, 0.5) is 0 Å². The Morgan fingerprint density at radius 2 is 2.00 bits per heavy atom. The van der Waals surface area contributed by atoms with Gasteiger partial charge in [-0.25, -0.2) is 9.97 Å². The van der Waals surface area contributed by atoms with Crippen LogP contribution in [0.2, 0.25) is 0 Å². The van der Waals surface area contributed by atoms with Crippen molar-refractivity contribution in [2.24, 2.45) is 11.8 Å². The van der Waals surface area contributed by atoms with Crippen molar-refractivity contribution in [2.75, 3.05) is 33.4 Å². The van der Waals surface area contributed by atoms with Gasteiger partial charge in [0.25, 0.3) is 0 Å². The summed E-state index contributed by atoms with van der Waals surface area (Å²) in [7, 11) is 1.69. The Morgan fingerprint density at radius 3 is 2.78 bits per heavy atom. The molecule has 2 aromatic rings. The van der Waals surface area contributed by atoms with Crippen molar-refractivity contribution in [3.05, 3.63) is 47.5 Å². The minimum Gasteiger partial charge on any atom is -0.493 e. The lowest BCUT2D eigenvalue weighted by Gasteiger charge is -2.17. The molecule has 2 fully saturated rings. The first-order chi connectivity index (χ1) is 13.2. The molecule has 1 aromatic carbocycles. The van der Waals surface area contributed by atoms with E-state index in [0.29, 0.717) is 13.0 Å². The van der Waals surface area contributed by atoms with E-state index < -0.39 is 0 Å². The Labute approximate surface area is 161 Å². The molecule has 1 aliphatic heterocycles. The predicted molar refractivity (Wildman–Crippen MR) is 105 cm³/mol. The number of hydrogen-bond acceptors (Lipinski definition) is 5. The van der Waals surface area contributed by atoms with Crippen LogP contribution in [-0.2, 0) is 12.8 Å². The summed E-state index contributed by atoms with van der Waals surface area (Å²) in [6.45, 7) is 6.54. The minimum absolute atomic E-state index is 0.699. The van der Waals surface area contributed by atoms with Crippen molar-refractivity contribution in [2.45, 2.75) is 32.6 Å². The number of fused-ring (bicyclic) bond motifs is 1. The molecule has 1 aromatic heterocycles. The van der Waals surface area contributed by atoms with E-state index in [1.807, 2.05) is 18.3 Å². The van der Waals surface area contributed by atoms with Gasteiger partial charge in [0.15, 0.2) is 11.5 Å². The van der Waals surface area contributed by atoms with Crippen LogP contribution in [0.5, 0.6) is 11.5 Å². The fourth-order valence-corrected chi connectivity index (χ4v) is 4.00. The average Bonchev–Trinajstić information content (AvgIpc) is 3.31. The summed E-state index contributed by atoms with van der Waals surface area (Å²) < 4.78 is 11.5. The molecule has 4 rings (SSSR count). The third kappa shape index (κ3) is 4.59. The van der Waals surface area contributed by atoms with Crippen LogP contribution in [0.3, 0.4) is 0 Å². The number of methoxy groups -OCH3 is 1. The van der Waals surface area contributed by atoms with Gasteiger partial charge in [-0.2, -0.15) is 0 Å². The van der Waals surface area contributed by atoms with E-state index in [2.05, 4.69) is 33.9 Å². The van der Waals surface area contributed by atoms with E-state index in [1.54, 1.807) is 7.11 Å². The Balaban J connectivity index is 1.33. The standard InChI is InChI=1S/C22H29N3O2/c1-3-19-7-8-23-22(24-19)12-16-5-6-20(26-2)21(11-16)27-10-4-9-25-14-17-13-18(17)15-25/h5-8,11,17-18H,3-4,9-10,12-15H2,1-2H3. The number of likely N-dealkylation sites (tertiary alicyclic amines) is 1. The first kappa shape index (κ1) is 18.2. The van der Waals surface area contributed by atoms with Gasteiger partial charge in [0.1, 0.15) is 5.82 Å². The van der Waals surface area contributed by atoms with E-state index in [4.69, 9.17) is 9.47 Å². The van der Waals surface area contributed by atoms with E-state index in [9.17, 15) is 0 Å². The molecule has 1 saturated carbocycles. The zero-order chi connectivity index (χ0) is 18.6. The van der Waals surface area contributed by atoms with Crippen LogP contribution < -0.4 is 9.47 Å². The van der Waals surface area contributed by atoms with E-state index in [-0.39, 0.29) is 0 Å². The molecule has 1 aliphatic carbocycles. The van der Waals surface area contributed by atoms with E-state index in [1.165, 1.54) is 19.5 Å². The van der Waals surface area contributed by atoms with Crippen molar-refractivity contribution in [3.8, 4) is 11.5 Å². The van der Waals surface area contributed by atoms with Crippen molar-refractivity contribution in [1.29, 1.82) is 0 Å². The smallest absolute Gasteiger partial charge is 0.161 e.